The molecule has 1 aromatic heterocycles. The zero-order valence-electron chi connectivity index (χ0n) is 13.6. The molecule has 0 saturated heterocycles. The maximum Gasteiger partial charge on any atom is 0.341 e. The van der Waals surface area contributed by atoms with Crippen LogP contribution in [0.4, 0.5) is 19.3 Å². The lowest BCUT2D eigenvalue weighted by Crippen LogP contribution is -2.34. The molecular weight excluding hydrogens is 370 g/mol. The number of hydrogen-bond donors (Lipinski definition) is 2. The third-order valence-electron chi connectivity index (χ3n) is 3.48. The number of alkyl halides is 2. The van der Waals surface area contributed by atoms with Gasteiger partial charge in [0.1, 0.15) is 0 Å². The minimum absolute atomic E-state index is 0.168. The molecule has 0 aliphatic heterocycles. The molecule has 0 aliphatic rings. The number of amides is 2. The molecule has 25 heavy (non-hydrogen) atoms. The van der Waals surface area contributed by atoms with Crippen molar-refractivity contribution in [2.45, 2.75) is 30.5 Å². The topological polar surface area (TPSA) is 75.3 Å². The van der Waals surface area contributed by atoms with Crippen LogP contribution in [0.5, 0.6) is 0 Å². The van der Waals surface area contributed by atoms with Crippen LogP contribution in [0.15, 0.2) is 46.7 Å². The molecule has 9 heteroatoms. The first-order valence-electron chi connectivity index (χ1n) is 7.45. The summed E-state index contributed by atoms with van der Waals surface area (Å²) in [6.45, 7) is 3.96. The predicted octanol–water partition coefficient (Wildman–Crippen LogP) is 4.26. The maximum atomic E-state index is 12.5. The number of nitrogens with one attached hydrogen (secondary N) is 2. The van der Waals surface area contributed by atoms with Gasteiger partial charge >= 0.3 is 11.8 Å². The Morgan fingerprint density at radius 3 is 2.24 bits per heavy atom. The second-order valence-electron chi connectivity index (χ2n) is 5.67. The zero-order chi connectivity index (χ0) is 18.6. The van der Waals surface area contributed by atoms with Gasteiger partial charge in [-0.3, -0.25) is 0 Å². The van der Waals surface area contributed by atoms with Gasteiger partial charge in [-0.15, -0.1) is 11.3 Å². The summed E-state index contributed by atoms with van der Waals surface area (Å²) in [5, 5.41) is 7.34. The molecule has 2 aromatic rings. The predicted molar refractivity (Wildman–Crippen MR) is 93.7 cm³/mol. The van der Waals surface area contributed by atoms with E-state index in [4.69, 9.17) is 0 Å². The van der Waals surface area contributed by atoms with E-state index in [1.807, 2.05) is 31.4 Å². The zero-order valence-corrected chi connectivity index (χ0v) is 15.2. The monoisotopic (exact) mass is 388 g/mol. The highest BCUT2D eigenvalue weighted by molar-refractivity contribution is 7.91. The molecule has 1 heterocycles. The van der Waals surface area contributed by atoms with Crippen LogP contribution in [-0.2, 0) is 9.84 Å². The van der Waals surface area contributed by atoms with Crippen molar-refractivity contribution in [2.75, 3.05) is 5.32 Å². The number of carbonyl (C=O) groups excluding carboxylic acids is 1. The van der Waals surface area contributed by atoms with E-state index in [1.165, 1.54) is 23.5 Å². The molecule has 0 fully saturated rings. The largest absolute Gasteiger partial charge is 0.341 e. The van der Waals surface area contributed by atoms with Crippen molar-refractivity contribution in [1.82, 2.24) is 5.32 Å². The fourth-order valence-corrected chi connectivity index (χ4v) is 3.84. The van der Waals surface area contributed by atoms with Crippen LogP contribution >= 0.6 is 11.3 Å². The molecule has 0 bridgehead atoms. The normalized spacial score (nSPS) is 13.0. The van der Waals surface area contributed by atoms with E-state index in [1.54, 1.807) is 0 Å². The number of sulfone groups is 1. The number of benzene rings is 1. The number of anilines is 1. The van der Waals surface area contributed by atoms with Gasteiger partial charge in [0.15, 0.2) is 0 Å². The summed E-state index contributed by atoms with van der Waals surface area (Å²) >= 11 is 1.53. The summed E-state index contributed by atoms with van der Waals surface area (Å²) < 4.78 is 47.7. The quantitative estimate of drug-likeness (QED) is 0.776. The van der Waals surface area contributed by atoms with Gasteiger partial charge in [-0.1, -0.05) is 19.9 Å². The van der Waals surface area contributed by atoms with Crippen LogP contribution in [0.3, 0.4) is 0 Å². The third kappa shape index (κ3) is 4.76. The fourth-order valence-electron chi connectivity index (χ4n) is 2.17. The van der Waals surface area contributed by atoms with E-state index < -0.39 is 26.5 Å². The number of rotatable bonds is 6. The lowest BCUT2D eigenvalue weighted by Gasteiger charge is -2.21. The van der Waals surface area contributed by atoms with Crippen molar-refractivity contribution in [1.29, 1.82) is 0 Å². The average Bonchev–Trinajstić information content (AvgIpc) is 3.06. The number of hydrogen-bond acceptors (Lipinski definition) is 4. The molecule has 2 rings (SSSR count). The molecule has 136 valence electrons. The van der Waals surface area contributed by atoms with Crippen LogP contribution < -0.4 is 10.6 Å². The second-order valence-corrected chi connectivity index (χ2v) is 8.56. The van der Waals surface area contributed by atoms with E-state index in [0.29, 0.717) is 5.69 Å². The lowest BCUT2D eigenvalue weighted by atomic mass is 10.0. The number of carbonyl (C=O) groups is 1. The highest BCUT2D eigenvalue weighted by Gasteiger charge is 2.26. The Balaban J connectivity index is 2.05. The molecule has 1 atom stereocenters. The highest BCUT2D eigenvalue weighted by Crippen LogP contribution is 2.26. The smallest absolute Gasteiger partial charge is 0.330 e. The minimum atomic E-state index is -4.64. The standard InChI is InChI=1S/C16H18F2N2O3S2/c1-10(2)14(13-4-3-9-24-13)20-16(21)19-11-5-7-12(8-6-11)25(22,23)15(17)18/h3-10,14-15H,1-2H3,(H2,19,20,21)/t14-/m1/s1. The fraction of sp³-hybridized carbons (Fsp3) is 0.312. The maximum absolute atomic E-state index is 12.5. The van der Waals surface area contributed by atoms with E-state index in [0.717, 1.165) is 17.0 Å². The summed E-state index contributed by atoms with van der Waals surface area (Å²) in [7, 11) is -4.64. The molecule has 0 saturated carbocycles. The number of halogens is 2. The Hall–Kier alpha value is -2.00. The summed E-state index contributed by atoms with van der Waals surface area (Å²) in [5.41, 5.74) is 0.305. The summed E-state index contributed by atoms with van der Waals surface area (Å²) in [5.74, 6) is -3.31. The van der Waals surface area contributed by atoms with Gasteiger partial charge in [-0.05, 0) is 41.6 Å². The molecule has 0 spiro atoms. The van der Waals surface area contributed by atoms with E-state index in [2.05, 4.69) is 10.6 Å². The molecule has 2 N–H and O–H groups in total. The van der Waals surface area contributed by atoms with Gasteiger partial charge in [-0.2, -0.15) is 8.78 Å². The van der Waals surface area contributed by atoms with Crippen molar-refractivity contribution in [3.63, 3.8) is 0 Å². The van der Waals surface area contributed by atoms with Gasteiger partial charge in [0.2, 0.25) is 9.84 Å². The first-order chi connectivity index (χ1) is 11.7. The molecule has 0 aliphatic carbocycles. The van der Waals surface area contributed by atoms with Crippen molar-refractivity contribution in [3.05, 3.63) is 46.7 Å². The molecule has 1 aromatic carbocycles. The SMILES string of the molecule is CC(C)[C@@H](NC(=O)Nc1ccc(S(=O)(=O)C(F)F)cc1)c1cccs1. The van der Waals surface area contributed by atoms with E-state index in [-0.39, 0.29) is 12.0 Å². The lowest BCUT2D eigenvalue weighted by molar-refractivity contribution is 0.234. The Kier molecular flexibility index (Phi) is 6.12. The van der Waals surface area contributed by atoms with Gasteiger partial charge in [-0.25, -0.2) is 13.2 Å². The molecule has 0 unspecified atom stereocenters. The molecular formula is C16H18F2N2O3S2. The van der Waals surface area contributed by atoms with Crippen molar-refractivity contribution in [2.24, 2.45) is 5.92 Å². The van der Waals surface area contributed by atoms with E-state index >= 15 is 0 Å². The number of thiophene rings is 1. The molecule has 5 nitrogen and oxygen atoms in total. The first kappa shape index (κ1) is 19.3. The van der Waals surface area contributed by atoms with Crippen LogP contribution in [0.2, 0.25) is 0 Å². The van der Waals surface area contributed by atoms with E-state index in [9.17, 15) is 22.0 Å². The summed E-state index contributed by atoms with van der Waals surface area (Å²) in [6, 6.07) is 7.81. The number of urea groups is 1. The summed E-state index contributed by atoms with van der Waals surface area (Å²) in [4.78, 5) is 12.7. The van der Waals surface area contributed by atoms with Crippen LogP contribution in [-0.4, -0.2) is 20.2 Å². The average molecular weight is 388 g/mol. The van der Waals surface area contributed by atoms with Gasteiger partial charge in [0, 0.05) is 10.6 Å². The Labute approximate surface area is 149 Å². The van der Waals surface area contributed by atoms with Crippen LogP contribution in [0.1, 0.15) is 24.8 Å². The highest BCUT2D eigenvalue weighted by atomic mass is 32.2. The molecule has 2 amide bonds. The van der Waals surface area contributed by atoms with Gasteiger partial charge in [0.25, 0.3) is 0 Å². The second kappa shape index (κ2) is 7.92. The summed E-state index contributed by atoms with van der Waals surface area (Å²) in [6.07, 6.45) is 0. The molecule has 0 radical (unpaired) electrons. The van der Waals surface area contributed by atoms with Gasteiger partial charge < -0.3 is 10.6 Å². The minimum Gasteiger partial charge on any atom is -0.330 e. The Bertz CT molecular complexity index is 804. The van der Waals surface area contributed by atoms with Crippen molar-refractivity contribution >= 4 is 32.9 Å². The van der Waals surface area contributed by atoms with Crippen molar-refractivity contribution < 1.29 is 22.0 Å². The van der Waals surface area contributed by atoms with Crippen molar-refractivity contribution in [3.8, 4) is 0 Å². The first-order valence-corrected chi connectivity index (χ1v) is 9.87. The Morgan fingerprint density at radius 1 is 1.12 bits per heavy atom. The third-order valence-corrected chi connectivity index (χ3v) is 5.83. The van der Waals surface area contributed by atoms with Crippen LogP contribution in [0, 0.1) is 5.92 Å². The van der Waals surface area contributed by atoms with Gasteiger partial charge in [0.05, 0.1) is 10.9 Å². The Morgan fingerprint density at radius 2 is 1.76 bits per heavy atom. The van der Waals surface area contributed by atoms with Crippen LogP contribution in [0.25, 0.3) is 0 Å².